The smallest absolute Gasteiger partial charge is 0.256 e. The summed E-state index contributed by atoms with van der Waals surface area (Å²) in [5, 5.41) is 2.95. The minimum absolute atomic E-state index is 0.0368. The van der Waals surface area contributed by atoms with Crippen LogP contribution < -0.4 is 5.32 Å². The largest absolute Gasteiger partial charge is 0.351 e. The topological polar surface area (TPSA) is 58.1 Å². The van der Waals surface area contributed by atoms with Gasteiger partial charge in [0, 0.05) is 32.0 Å². The van der Waals surface area contributed by atoms with Gasteiger partial charge in [0.15, 0.2) is 0 Å². The summed E-state index contributed by atoms with van der Waals surface area (Å²) in [7, 11) is 0. The van der Waals surface area contributed by atoms with Gasteiger partial charge in [-0.2, -0.15) is 0 Å². The van der Waals surface area contributed by atoms with Crippen molar-refractivity contribution in [2.24, 2.45) is 0 Å². The third kappa shape index (κ3) is 3.55. The van der Waals surface area contributed by atoms with E-state index in [2.05, 4.69) is 21.9 Å². The van der Waals surface area contributed by atoms with Gasteiger partial charge in [0.25, 0.3) is 5.91 Å². The fourth-order valence-corrected chi connectivity index (χ4v) is 1.39. The standard InChI is InChI=1S/C12H18N4O/c1-4-7-13-12-14-8-10(9-15-12)11(17)16(5-2)6-3/h4,8-9H,1,5-7H2,2-3H3,(H,13,14,15). The summed E-state index contributed by atoms with van der Waals surface area (Å²) >= 11 is 0. The second-order valence-electron chi connectivity index (χ2n) is 3.44. The Morgan fingerprint density at radius 2 is 2.00 bits per heavy atom. The van der Waals surface area contributed by atoms with Gasteiger partial charge < -0.3 is 10.2 Å². The van der Waals surface area contributed by atoms with Crippen LogP contribution in [0.25, 0.3) is 0 Å². The quantitative estimate of drug-likeness (QED) is 0.759. The number of carbonyl (C=O) groups is 1. The molecule has 1 amide bonds. The van der Waals surface area contributed by atoms with Crippen molar-refractivity contribution in [2.75, 3.05) is 25.0 Å². The molecule has 1 aromatic heterocycles. The Hall–Kier alpha value is -1.91. The molecule has 0 unspecified atom stereocenters. The predicted octanol–water partition coefficient (Wildman–Crippen LogP) is 1.56. The zero-order valence-corrected chi connectivity index (χ0v) is 10.3. The van der Waals surface area contributed by atoms with Crippen LogP contribution in [0.2, 0.25) is 0 Å². The Morgan fingerprint density at radius 3 is 2.47 bits per heavy atom. The van der Waals surface area contributed by atoms with Gasteiger partial charge in [0.2, 0.25) is 5.95 Å². The molecule has 1 heterocycles. The summed E-state index contributed by atoms with van der Waals surface area (Å²) in [6.07, 6.45) is 4.80. The third-order valence-corrected chi connectivity index (χ3v) is 2.35. The molecule has 0 aromatic carbocycles. The van der Waals surface area contributed by atoms with Gasteiger partial charge in [0.1, 0.15) is 0 Å². The van der Waals surface area contributed by atoms with Crippen molar-refractivity contribution in [3.63, 3.8) is 0 Å². The maximum atomic E-state index is 11.9. The second kappa shape index (κ2) is 6.62. The Labute approximate surface area is 102 Å². The second-order valence-corrected chi connectivity index (χ2v) is 3.44. The number of nitrogens with zero attached hydrogens (tertiary/aromatic N) is 3. The van der Waals surface area contributed by atoms with Crippen molar-refractivity contribution in [3.05, 3.63) is 30.6 Å². The van der Waals surface area contributed by atoms with Gasteiger partial charge in [-0.25, -0.2) is 9.97 Å². The first-order chi connectivity index (χ1) is 8.22. The summed E-state index contributed by atoms with van der Waals surface area (Å²) in [6, 6.07) is 0. The van der Waals surface area contributed by atoms with Crippen molar-refractivity contribution >= 4 is 11.9 Å². The number of hydrogen-bond donors (Lipinski definition) is 1. The Bertz CT molecular complexity index is 371. The molecule has 0 aliphatic heterocycles. The number of nitrogens with one attached hydrogen (secondary N) is 1. The molecule has 0 radical (unpaired) electrons. The average molecular weight is 234 g/mol. The van der Waals surface area contributed by atoms with E-state index in [1.807, 2.05) is 13.8 Å². The fourth-order valence-electron chi connectivity index (χ4n) is 1.39. The molecule has 92 valence electrons. The lowest BCUT2D eigenvalue weighted by atomic mass is 10.3. The van der Waals surface area contributed by atoms with Crippen LogP contribution in [0.15, 0.2) is 25.0 Å². The van der Waals surface area contributed by atoms with Crippen LogP contribution in [0.5, 0.6) is 0 Å². The molecule has 5 nitrogen and oxygen atoms in total. The lowest BCUT2D eigenvalue weighted by Crippen LogP contribution is -2.30. The van der Waals surface area contributed by atoms with Crippen LogP contribution >= 0.6 is 0 Å². The highest BCUT2D eigenvalue weighted by Crippen LogP contribution is 2.04. The number of carbonyl (C=O) groups excluding carboxylic acids is 1. The van der Waals surface area contributed by atoms with Crippen molar-refractivity contribution in [3.8, 4) is 0 Å². The number of anilines is 1. The zero-order chi connectivity index (χ0) is 12.7. The lowest BCUT2D eigenvalue weighted by Gasteiger charge is -2.18. The van der Waals surface area contributed by atoms with E-state index in [1.54, 1.807) is 23.4 Å². The number of amides is 1. The highest BCUT2D eigenvalue weighted by Gasteiger charge is 2.12. The van der Waals surface area contributed by atoms with Crippen LogP contribution in [-0.2, 0) is 0 Å². The highest BCUT2D eigenvalue weighted by atomic mass is 16.2. The van der Waals surface area contributed by atoms with Crippen LogP contribution in [0.3, 0.4) is 0 Å². The van der Waals surface area contributed by atoms with Crippen molar-refractivity contribution < 1.29 is 4.79 Å². The molecule has 1 N–H and O–H groups in total. The van der Waals surface area contributed by atoms with Crippen LogP contribution in [0, 0.1) is 0 Å². The SMILES string of the molecule is C=CCNc1ncc(C(=O)N(CC)CC)cn1. The summed E-state index contributed by atoms with van der Waals surface area (Å²) in [5.74, 6) is 0.464. The normalized spacial score (nSPS) is 9.76. The Balaban J connectivity index is 2.72. The zero-order valence-electron chi connectivity index (χ0n) is 10.3. The third-order valence-electron chi connectivity index (χ3n) is 2.35. The van der Waals surface area contributed by atoms with Gasteiger partial charge >= 0.3 is 0 Å². The molecule has 17 heavy (non-hydrogen) atoms. The molecule has 0 bridgehead atoms. The monoisotopic (exact) mass is 234 g/mol. The number of rotatable bonds is 6. The van der Waals surface area contributed by atoms with E-state index in [-0.39, 0.29) is 5.91 Å². The first-order valence-corrected chi connectivity index (χ1v) is 5.69. The van der Waals surface area contributed by atoms with Crippen LogP contribution in [-0.4, -0.2) is 40.4 Å². The summed E-state index contributed by atoms with van der Waals surface area (Å²) in [4.78, 5) is 21.8. The molecule has 5 heteroatoms. The number of hydrogen-bond acceptors (Lipinski definition) is 4. The van der Waals surface area contributed by atoms with Gasteiger partial charge in [-0.1, -0.05) is 6.08 Å². The minimum atomic E-state index is -0.0368. The molecule has 0 atom stereocenters. The maximum absolute atomic E-state index is 11.9. The molecule has 1 aromatic rings. The van der Waals surface area contributed by atoms with Crippen LogP contribution in [0.1, 0.15) is 24.2 Å². The molecule has 1 rings (SSSR count). The lowest BCUT2D eigenvalue weighted by molar-refractivity contribution is 0.0772. The van der Waals surface area contributed by atoms with E-state index in [0.29, 0.717) is 31.1 Å². The number of aromatic nitrogens is 2. The first-order valence-electron chi connectivity index (χ1n) is 5.69. The summed E-state index contributed by atoms with van der Waals surface area (Å²) in [6.45, 7) is 9.45. The van der Waals surface area contributed by atoms with E-state index in [1.165, 1.54) is 0 Å². The molecule has 0 aliphatic carbocycles. The van der Waals surface area contributed by atoms with E-state index in [4.69, 9.17) is 0 Å². The van der Waals surface area contributed by atoms with Gasteiger partial charge in [-0.05, 0) is 13.8 Å². The Kier molecular flexibility index (Phi) is 5.13. The maximum Gasteiger partial charge on any atom is 0.256 e. The predicted molar refractivity (Wildman–Crippen MR) is 68.0 cm³/mol. The molecule has 0 saturated carbocycles. The van der Waals surface area contributed by atoms with Crippen LogP contribution in [0.4, 0.5) is 5.95 Å². The highest BCUT2D eigenvalue weighted by molar-refractivity contribution is 5.93. The van der Waals surface area contributed by atoms with E-state index in [9.17, 15) is 4.79 Å². The minimum Gasteiger partial charge on any atom is -0.351 e. The molecule has 0 saturated heterocycles. The molecule has 0 spiro atoms. The van der Waals surface area contributed by atoms with E-state index >= 15 is 0 Å². The van der Waals surface area contributed by atoms with E-state index in [0.717, 1.165) is 0 Å². The average Bonchev–Trinajstić information content (AvgIpc) is 2.38. The van der Waals surface area contributed by atoms with Gasteiger partial charge in [-0.3, -0.25) is 4.79 Å². The van der Waals surface area contributed by atoms with Crippen molar-refractivity contribution in [2.45, 2.75) is 13.8 Å². The van der Waals surface area contributed by atoms with Crippen molar-refractivity contribution in [1.82, 2.24) is 14.9 Å². The summed E-state index contributed by atoms with van der Waals surface area (Å²) in [5.41, 5.74) is 0.512. The Morgan fingerprint density at radius 1 is 1.41 bits per heavy atom. The molecular formula is C12H18N4O. The summed E-state index contributed by atoms with van der Waals surface area (Å²) < 4.78 is 0. The first kappa shape index (κ1) is 13.2. The van der Waals surface area contributed by atoms with Gasteiger partial charge in [-0.15, -0.1) is 6.58 Å². The molecular weight excluding hydrogens is 216 g/mol. The van der Waals surface area contributed by atoms with Gasteiger partial charge in [0.05, 0.1) is 5.56 Å². The molecule has 0 aliphatic rings. The fraction of sp³-hybridized carbons (Fsp3) is 0.417. The van der Waals surface area contributed by atoms with Crippen molar-refractivity contribution in [1.29, 1.82) is 0 Å². The molecule has 0 fully saturated rings. The van der Waals surface area contributed by atoms with E-state index < -0.39 is 0 Å².